The lowest BCUT2D eigenvalue weighted by Gasteiger charge is -2.14. The molecule has 0 aliphatic rings. The van der Waals surface area contributed by atoms with Crippen molar-refractivity contribution < 1.29 is 14.7 Å². The smallest absolute Gasteiger partial charge is 0.338 e. The summed E-state index contributed by atoms with van der Waals surface area (Å²) in [4.78, 5) is 22.8. The maximum absolute atomic E-state index is 12.1. The quantitative estimate of drug-likeness (QED) is 0.886. The molecule has 0 bridgehead atoms. The van der Waals surface area contributed by atoms with Crippen LogP contribution in [0.15, 0.2) is 30.6 Å². The van der Waals surface area contributed by atoms with Crippen LogP contribution in [0.1, 0.15) is 35.7 Å². The monoisotopic (exact) mass is 321 g/mol. The number of carbonyl (C=O) groups excluding carboxylic acids is 1. The summed E-state index contributed by atoms with van der Waals surface area (Å²) in [7, 11) is 0. The van der Waals surface area contributed by atoms with Crippen LogP contribution in [-0.2, 0) is 11.3 Å². The first kappa shape index (κ1) is 16.0. The fourth-order valence-corrected chi connectivity index (χ4v) is 2.20. The lowest BCUT2D eigenvalue weighted by molar-refractivity contribution is -0.116. The summed E-state index contributed by atoms with van der Waals surface area (Å²) < 4.78 is 1.28. The zero-order valence-electron chi connectivity index (χ0n) is 12.2. The van der Waals surface area contributed by atoms with Gasteiger partial charge in [0.1, 0.15) is 6.54 Å². The number of rotatable bonds is 5. The SMILES string of the molecule is CC(C)c1cc(Cl)ccc1NC(=O)Cn1cc(C(=O)O)cn1. The van der Waals surface area contributed by atoms with Crippen LogP contribution in [0.4, 0.5) is 5.69 Å². The number of aromatic carboxylic acids is 1. The van der Waals surface area contributed by atoms with Crippen LogP contribution < -0.4 is 5.32 Å². The molecule has 22 heavy (non-hydrogen) atoms. The maximum atomic E-state index is 12.1. The zero-order chi connectivity index (χ0) is 16.3. The molecule has 116 valence electrons. The van der Waals surface area contributed by atoms with Crippen molar-refractivity contribution in [3.8, 4) is 0 Å². The number of carbonyl (C=O) groups is 2. The summed E-state index contributed by atoms with van der Waals surface area (Å²) in [6.07, 6.45) is 2.52. The Hall–Kier alpha value is -2.34. The molecule has 0 saturated heterocycles. The third kappa shape index (κ3) is 3.85. The summed E-state index contributed by atoms with van der Waals surface area (Å²) >= 11 is 5.98. The van der Waals surface area contributed by atoms with E-state index in [-0.39, 0.29) is 23.9 Å². The molecule has 6 nitrogen and oxygen atoms in total. The Balaban J connectivity index is 2.10. The lowest BCUT2D eigenvalue weighted by Crippen LogP contribution is -2.20. The average molecular weight is 322 g/mol. The highest BCUT2D eigenvalue weighted by Crippen LogP contribution is 2.27. The van der Waals surface area contributed by atoms with Crippen molar-refractivity contribution in [2.24, 2.45) is 0 Å². The highest BCUT2D eigenvalue weighted by Gasteiger charge is 2.12. The Morgan fingerprint density at radius 1 is 1.41 bits per heavy atom. The van der Waals surface area contributed by atoms with E-state index in [4.69, 9.17) is 16.7 Å². The molecular formula is C15H16ClN3O3. The summed E-state index contributed by atoms with van der Waals surface area (Å²) in [5.41, 5.74) is 1.67. The van der Waals surface area contributed by atoms with Crippen LogP contribution >= 0.6 is 11.6 Å². The molecule has 1 aromatic carbocycles. The minimum absolute atomic E-state index is 0.0437. The average Bonchev–Trinajstić information content (AvgIpc) is 2.89. The number of carboxylic acid groups (broad SMARTS) is 1. The maximum Gasteiger partial charge on any atom is 0.338 e. The molecule has 0 aliphatic carbocycles. The molecule has 2 aromatic rings. The van der Waals surface area contributed by atoms with Crippen molar-refractivity contribution in [1.29, 1.82) is 0 Å². The highest BCUT2D eigenvalue weighted by atomic mass is 35.5. The van der Waals surface area contributed by atoms with E-state index in [0.717, 1.165) is 5.56 Å². The number of nitrogens with one attached hydrogen (secondary N) is 1. The number of aromatic nitrogens is 2. The minimum Gasteiger partial charge on any atom is -0.478 e. The Morgan fingerprint density at radius 3 is 2.73 bits per heavy atom. The normalized spacial score (nSPS) is 10.7. The van der Waals surface area contributed by atoms with Crippen LogP contribution in [0, 0.1) is 0 Å². The molecule has 2 N–H and O–H groups in total. The number of hydrogen-bond acceptors (Lipinski definition) is 3. The van der Waals surface area contributed by atoms with Gasteiger partial charge in [-0.05, 0) is 29.7 Å². The molecule has 0 unspecified atom stereocenters. The standard InChI is InChI=1S/C15H16ClN3O3/c1-9(2)12-5-11(16)3-4-13(12)18-14(20)8-19-7-10(6-17-19)15(21)22/h3-7,9H,8H2,1-2H3,(H,18,20)(H,21,22). The number of anilines is 1. The first-order chi connectivity index (χ1) is 10.4. The van der Waals surface area contributed by atoms with Gasteiger partial charge in [0.15, 0.2) is 0 Å². The van der Waals surface area contributed by atoms with Gasteiger partial charge in [0, 0.05) is 16.9 Å². The fraction of sp³-hybridized carbons (Fsp3) is 0.267. The minimum atomic E-state index is -1.08. The molecule has 7 heteroatoms. The largest absolute Gasteiger partial charge is 0.478 e. The van der Waals surface area contributed by atoms with Gasteiger partial charge in [-0.1, -0.05) is 25.4 Å². The van der Waals surface area contributed by atoms with Gasteiger partial charge in [0.05, 0.1) is 11.8 Å². The molecule has 0 atom stereocenters. The number of hydrogen-bond donors (Lipinski definition) is 2. The Morgan fingerprint density at radius 2 is 2.14 bits per heavy atom. The summed E-state index contributed by atoms with van der Waals surface area (Å²) in [6, 6.07) is 5.28. The van der Waals surface area contributed by atoms with Gasteiger partial charge in [-0.15, -0.1) is 0 Å². The van der Waals surface area contributed by atoms with Crippen LogP contribution in [0.2, 0.25) is 5.02 Å². The fourth-order valence-electron chi connectivity index (χ4n) is 2.02. The van der Waals surface area contributed by atoms with E-state index in [1.165, 1.54) is 17.1 Å². The third-order valence-corrected chi connectivity index (χ3v) is 3.33. The second-order valence-corrected chi connectivity index (χ2v) is 5.60. The summed E-state index contributed by atoms with van der Waals surface area (Å²) in [5.74, 6) is -1.16. The van der Waals surface area contributed by atoms with Gasteiger partial charge in [-0.2, -0.15) is 5.10 Å². The lowest BCUT2D eigenvalue weighted by atomic mass is 10.0. The van der Waals surface area contributed by atoms with Crippen molar-refractivity contribution in [3.63, 3.8) is 0 Å². The molecule has 0 radical (unpaired) electrons. The van der Waals surface area contributed by atoms with Crippen molar-refractivity contribution in [1.82, 2.24) is 9.78 Å². The Kier molecular flexibility index (Phi) is 4.82. The number of halogens is 1. The Labute approximate surface area is 132 Å². The van der Waals surface area contributed by atoms with Crippen molar-refractivity contribution in [3.05, 3.63) is 46.7 Å². The molecule has 2 rings (SSSR count). The van der Waals surface area contributed by atoms with Gasteiger partial charge in [0.2, 0.25) is 5.91 Å². The molecule has 1 amide bonds. The van der Waals surface area contributed by atoms with Gasteiger partial charge >= 0.3 is 5.97 Å². The molecule has 0 fully saturated rings. The summed E-state index contributed by atoms with van der Waals surface area (Å²) in [5, 5.41) is 16.1. The predicted molar refractivity (Wildman–Crippen MR) is 83.4 cm³/mol. The van der Waals surface area contributed by atoms with E-state index in [1.807, 2.05) is 19.9 Å². The van der Waals surface area contributed by atoms with E-state index in [0.29, 0.717) is 10.7 Å². The summed E-state index contributed by atoms with van der Waals surface area (Å²) in [6.45, 7) is 3.95. The Bertz CT molecular complexity index is 710. The van der Waals surface area contributed by atoms with E-state index in [9.17, 15) is 9.59 Å². The van der Waals surface area contributed by atoms with Gasteiger partial charge < -0.3 is 10.4 Å². The van der Waals surface area contributed by atoms with Gasteiger partial charge in [0.25, 0.3) is 0 Å². The highest BCUT2D eigenvalue weighted by molar-refractivity contribution is 6.30. The van der Waals surface area contributed by atoms with Crippen LogP contribution in [0.3, 0.4) is 0 Å². The molecular weight excluding hydrogens is 306 g/mol. The number of carboxylic acids is 1. The van der Waals surface area contributed by atoms with Crippen LogP contribution in [-0.4, -0.2) is 26.8 Å². The number of benzene rings is 1. The third-order valence-electron chi connectivity index (χ3n) is 3.10. The first-order valence-electron chi connectivity index (χ1n) is 6.72. The van der Waals surface area contributed by atoms with Crippen molar-refractivity contribution in [2.45, 2.75) is 26.3 Å². The molecule has 0 aliphatic heterocycles. The molecule has 0 spiro atoms. The van der Waals surface area contributed by atoms with Crippen molar-refractivity contribution in [2.75, 3.05) is 5.32 Å². The second kappa shape index (κ2) is 6.62. The second-order valence-electron chi connectivity index (χ2n) is 5.17. The van der Waals surface area contributed by atoms with E-state index in [1.54, 1.807) is 12.1 Å². The topological polar surface area (TPSA) is 84.2 Å². The van der Waals surface area contributed by atoms with Gasteiger partial charge in [-0.25, -0.2) is 4.79 Å². The number of nitrogens with zero attached hydrogens (tertiary/aromatic N) is 2. The number of amides is 1. The van der Waals surface area contributed by atoms with Crippen LogP contribution in [0.5, 0.6) is 0 Å². The molecule has 1 aromatic heterocycles. The van der Waals surface area contributed by atoms with Crippen LogP contribution in [0.25, 0.3) is 0 Å². The molecule has 1 heterocycles. The van der Waals surface area contributed by atoms with E-state index >= 15 is 0 Å². The zero-order valence-corrected chi connectivity index (χ0v) is 13.0. The predicted octanol–water partition coefficient (Wildman–Crippen LogP) is 3.00. The molecule has 0 saturated carbocycles. The van der Waals surface area contributed by atoms with E-state index in [2.05, 4.69) is 10.4 Å². The first-order valence-corrected chi connectivity index (χ1v) is 7.09. The van der Waals surface area contributed by atoms with Gasteiger partial charge in [-0.3, -0.25) is 9.48 Å². The van der Waals surface area contributed by atoms with Crippen molar-refractivity contribution >= 4 is 29.2 Å². The van der Waals surface area contributed by atoms with E-state index < -0.39 is 5.97 Å².